The maximum Gasteiger partial charge on any atom is 0.262 e. The van der Waals surface area contributed by atoms with E-state index in [0.29, 0.717) is 0 Å². The Balaban J connectivity index is 1.59. The van der Waals surface area contributed by atoms with Gasteiger partial charge in [-0.1, -0.05) is 59.8 Å². The summed E-state index contributed by atoms with van der Waals surface area (Å²) >= 11 is 7.70. The van der Waals surface area contributed by atoms with E-state index in [0.717, 1.165) is 28.8 Å². The Morgan fingerprint density at radius 2 is 1.76 bits per heavy atom. The zero-order chi connectivity index (χ0) is 17.2. The number of nitrogens with zero attached hydrogens (tertiary/aromatic N) is 2. The third kappa shape index (κ3) is 3.56. The van der Waals surface area contributed by atoms with Crippen LogP contribution in [0.3, 0.4) is 0 Å². The van der Waals surface area contributed by atoms with Gasteiger partial charge in [0.1, 0.15) is 5.25 Å². The van der Waals surface area contributed by atoms with Gasteiger partial charge >= 0.3 is 0 Å². The fourth-order valence-electron chi connectivity index (χ4n) is 3.78. The number of halogens is 1. The van der Waals surface area contributed by atoms with Crippen LogP contribution in [0.2, 0.25) is 5.02 Å². The number of rotatable bonds is 3. The standard InChI is InChI=1S/C20H21ClN2OS/c21-16-10-8-15(9-11-16)17(14-6-2-3-7-14)18-19(24)22-20(25-18)23-12-4-1-5-13-23/h2-3,6-11,14,17-18H,1,4-5,12-13H2. The molecule has 2 unspecified atom stereocenters. The van der Waals surface area contributed by atoms with E-state index >= 15 is 0 Å². The summed E-state index contributed by atoms with van der Waals surface area (Å²) in [5.74, 6) is 0.300. The molecule has 2 heterocycles. The van der Waals surface area contributed by atoms with Gasteiger partial charge in [0.2, 0.25) is 0 Å². The lowest BCUT2D eigenvalue weighted by Crippen LogP contribution is -2.33. The molecule has 0 aromatic heterocycles. The molecule has 25 heavy (non-hydrogen) atoms. The second-order valence-electron chi connectivity index (χ2n) is 6.74. The van der Waals surface area contributed by atoms with E-state index in [4.69, 9.17) is 11.6 Å². The number of piperidine rings is 1. The highest BCUT2D eigenvalue weighted by molar-refractivity contribution is 8.15. The third-order valence-corrected chi connectivity index (χ3v) is 6.64. The quantitative estimate of drug-likeness (QED) is 0.774. The number of allylic oxidation sites excluding steroid dienone is 4. The van der Waals surface area contributed by atoms with E-state index in [1.807, 2.05) is 24.3 Å². The number of thioether (sulfide) groups is 1. The highest BCUT2D eigenvalue weighted by Crippen LogP contribution is 2.42. The topological polar surface area (TPSA) is 32.7 Å². The van der Waals surface area contributed by atoms with Crippen LogP contribution < -0.4 is 0 Å². The molecule has 3 aliphatic rings. The Bertz CT molecular complexity index is 723. The van der Waals surface area contributed by atoms with Crippen molar-refractivity contribution in [2.75, 3.05) is 13.1 Å². The Labute approximate surface area is 157 Å². The molecule has 4 rings (SSSR count). The molecule has 1 fully saturated rings. The lowest BCUT2D eigenvalue weighted by Gasteiger charge is -2.29. The van der Waals surface area contributed by atoms with Crippen molar-refractivity contribution in [1.29, 1.82) is 0 Å². The largest absolute Gasteiger partial charge is 0.351 e. The first-order chi connectivity index (χ1) is 12.2. The summed E-state index contributed by atoms with van der Waals surface area (Å²) in [5.41, 5.74) is 1.14. The van der Waals surface area contributed by atoms with Gasteiger partial charge in [0.25, 0.3) is 5.91 Å². The summed E-state index contributed by atoms with van der Waals surface area (Å²) < 4.78 is 0. The third-order valence-electron chi connectivity index (χ3n) is 5.08. The number of amidine groups is 1. The molecule has 0 radical (unpaired) electrons. The summed E-state index contributed by atoms with van der Waals surface area (Å²) in [5, 5.41) is 1.46. The van der Waals surface area contributed by atoms with Gasteiger partial charge in [0.05, 0.1) is 0 Å². The van der Waals surface area contributed by atoms with Crippen molar-refractivity contribution in [2.45, 2.75) is 30.4 Å². The number of benzene rings is 1. The molecule has 5 heteroatoms. The highest BCUT2D eigenvalue weighted by Gasteiger charge is 2.40. The van der Waals surface area contributed by atoms with Crippen LogP contribution in [0.5, 0.6) is 0 Å². The van der Waals surface area contributed by atoms with Crippen molar-refractivity contribution in [1.82, 2.24) is 4.90 Å². The SMILES string of the molecule is O=C1N=C(N2CCCCC2)SC1C(c1ccc(Cl)cc1)C1C=CC=C1. The van der Waals surface area contributed by atoms with Crippen molar-refractivity contribution in [2.24, 2.45) is 10.9 Å². The van der Waals surface area contributed by atoms with Gasteiger partial charge in [0.15, 0.2) is 5.17 Å². The van der Waals surface area contributed by atoms with E-state index in [1.54, 1.807) is 11.8 Å². The van der Waals surface area contributed by atoms with Crippen molar-refractivity contribution in [3.8, 4) is 0 Å². The summed E-state index contributed by atoms with van der Waals surface area (Å²) in [4.78, 5) is 19.5. The van der Waals surface area contributed by atoms with Gasteiger partial charge in [-0.3, -0.25) is 4.79 Å². The summed E-state index contributed by atoms with van der Waals surface area (Å²) in [7, 11) is 0. The lowest BCUT2D eigenvalue weighted by atomic mass is 9.84. The van der Waals surface area contributed by atoms with E-state index in [9.17, 15) is 4.79 Å². The van der Waals surface area contributed by atoms with E-state index in [2.05, 4.69) is 34.2 Å². The van der Waals surface area contributed by atoms with Crippen LogP contribution in [0.25, 0.3) is 0 Å². The molecule has 0 N–H and O–H groups in total. The summed E-state index contributed by atoms with van der Waals surface area (Å²) in [6.45, 7) is 2.03. The zero-order valence-electron chi connectivity index (χ0n) is 14.0. The molecule has 1 aromatic rings. The molecule has 130 valence electrons. The van der Waals surface area contributed by atoms with Crippen LogP contribution in [0.15, 0.2) is 53.6 Å². The lowest BCUT2D eigenvalue weighted by molar-refractivity contribution is -0.117. The molecule has 1 amide bonds. The first kappa shape index (κ1) is 16.9. The molecule has 0 saturated carbocycles. The second-order valence-corrected chi connectivity index (χ2v) is 8.29. The van der Waals surface area contributed by atoms with Crippen molar-refractivity contribution < 1.29 is 4.79 Å². The van der Waals surface area contributed by atoms with Crippen molar-refractivity contribution in [3.63, 3.8) is 0 Å². The number of carbonyl (C=O) groups excluding carboxylic acids is 1. The number of aliphatic imine (C=N–C) groups is 1. The van der Waals surface area contributed by atoms with Crippen LogP contribution in [0.1, 0.15) is 30.7 Å². The van der Waals surface area contributed by atoms with Crippen molar-refractivity contribution >= 4 is 34.4 Å². The average molecular weight is 373 g/mol. The smallest absolute Gasteiger partial charge is 0.262 e. The number of carbonyl (C=O) groups is 1. The Morgan fingerprint density at radius 3 is 2.44 bits per heavy atom. The maximum atomic E-state index is 12.8. The van der Waals surface area contributed by atoms with Gasteiger partial charge in [-0.25, -0.2) is 0 Å². The van der Waals surface area contributed by atoms with Gasteiger partial charge < -0.3 is 4.90 Å². The van der Waals surface area contributed by atoms with Crippen molar-refractivity contribution in [3.05, 3.63) is 59.2 Å². The predicted molar refractivity (Wildman–Crippen MR) is 105 cm³/mol. The number of likely N-dealkylation sites (tertiary alicyclic amines) is 1. The minimum atomic E-state index is -0.171. The molecule has 2 aliphatic heterocycles. The molecular formula is C20H21ClN2OS. The molecular weight excluding hydrogens is 352 g/mol. The fraction of sp³-hybridized carbons (Fsp3) is 0.400. The second kappa shape index (κ2) is 7.38. The summed E-state index contributed by atoms with van der Waals surface area (Å²) in [6, 6.07) is 7.89. The summed E-state index contributed by atoms with van der Waals surface area (Å²) in [6.07, 6.45) is 12.1. The Kier molecular flexibility index (Phi) is 5.00. The minimum absolute atomic E-state index is 0.000719. The maximum absolute atomic E-state index is 12.8. The Hall–Kier alpha value is -1.52. The molecule has 3 nitrogen and oxygen atoms in total. The van der Waals surface area contributed by atoms with Crippen LogP contribution in [0.4, 0.5) is 0 Å². The predicted octanol–water partition coefficient (Wildman–Crippen LogP) is 4.65. The monoisotopic (exact) mass is 372 g/mol. The first-order valence-electron chi connectivity index (χ1n) is 8.87. The molecule has 1 aromatic carbocycles. The fourth-order valence-corrected chi connectivity index (χ4v) is 5.24. The zero-order valence-corrected chi connectivity index (χ0v) is 15.5. The number of hydrogen-bond acceptors (Lipinski definition) is 3. The van der Waals surface area contributed by atoms with E-state index in [-0.39, 0.29) is 23.0 Å². The molecule has 1 saturated heterocycles. The van der Waals surface area contributed by atoms with Gasteiger partial charge in [-0.05, 0) is 37.0 Å². The van der Waals surface area contributed by atoms with Gasteiger partial charge in [-0.15, -0.1) is 0 Å². The molecule has 0 bridgehead atoms. The van der Waals surface area contributed by atoms with Gasteiger partial charge in [-0.2, -0.15) is 4.99 Å². The van der Waals surface area contributed by atoms with Crippen LogP contribution in [-0.4, -0.2) is 34.3 Å². The highest BCUT2D eigenvalue weighted by atomic mass is 35.5. The first-order valence-corrected chi connectivity index (χ1v) is 10.1. The number of hydrogen-bond donors (Lipinski definition) is 0. The normalized spacial score (nSPS) is 24.8. The molecule has 2 atom stereocenters. The molecule has 1 aliphatic carbocycles. The van der Waals surface area contributed by atoms with E-state index in [1.165, 1.54) is 19.3 Å². The van der Waals surface area contributed by atoms with E-state index < -0.39 is 0 Å². The van der Waals surface area contributed by atoms with Crippen LogP contribution >= 0.6 is 23.4 Å². The number of amides is 1. The molecule has 0 spiro atoms. The minimum Gasteiger partial charge on any atom is -0.351 e. The van der Waals surface area contributed by atoms with Crippen LogP contribution in [0, 0.1) is 5.92 Å². The Morgan fingerprint density at radius 1 is 1.08 bits per heavy atom. The van der Waals surface area contributed by atoms with Gasteiger partial charge in [0, 0.05) is 29.9 Å². The van der Waals surface area contributed by atoms with Crippen LogP contribution in [-0.2, 0) is 4.79 Å². The average Bonchev–Trinajstić information content (AvgIpc) is 3.29.